The molecule has 0 radical (unpaired) electrons. The van der Waals surface area contributed by atoms with Crippen molar-refractivity contribution in [2.24, 2.45) is 0 Å². The molecular formula is C54H80. The lowest BCUT2D eigenvalue weighted by atomic mass is 10.0. The largest absolute Gasteiger partial charge is 0.0654 e. The van der Waals surface area contributed by atoms with Gasteiger partial charge in [0.25, 0.3) is 0 Å². The lowest BCUT2D eigenvalue weighted by molar-refractivity contribution is 0.535. The molecule has 0 heteroatoms. The molecule has 0 aliphatic heterocycles. The molecule has 54 heavy (non-hydrogen) atoms. The van der Waals surface area contributed by atoms with Gasteiger partial charge in [-0.15, -0.1) is 0 Å². The van der Waals surface area contributed by atoms with Crippen molar-refractivity contribution in [2.45, 2.75) is 206 Å². The second kappa shape index (κ2) is 28.5. The van der Waals surface area contributed by atoms with Gasteiger partial charge in [-0.25, -0.2) is 0 Å². The minimum Gasteiger partial charge on any atom is -0.0654 e. The number of aryl methyl sites for hydroxylation is 2. The average Bonchev–Trinajstić information content (AvgIpc) is 3.65. The van der Waals surface area contributed by atoms with E-state index in [4.69, 9.17) is 0 Å². The summed E-state index contributed by atoms with van der Waals surface area (Å²) in [4.78, 5) is 0. The fourth-order valence-corrected chi connectivity index (χ4v) is 8.38. The molecule has 0 N–H and O–H groups in total. The first-order valence-corrected chi connectivity index (χ1v) is 23.5. The Morgan fingerprint density at radius 2 is 0.500 bits per heavy atom. The van der Waals surface area contributed by atoms with Crippen molar-refractivity contribution in [3.8, 4) is 22.3 Å². The fraction of sp³-hybridized carbons (Fsp3) is 0.593. The summed E-state index contributed by atoms with van der Waals surface area (Å²) in [7, 11) is 0. The first-order chi connectivity index (χ1) is 26.7. The quantitative estimate of drug-likeness (QED) is 0.0439. The molecule has 4 aliphatic rings. The molecule has 4 aliphatic carbocycles. The minimum atomic E-state index is 1.20. The zero-order valence-electron chi connectivity index (χ0n) is 35.3. The highest BCUT2D eigenvalue weighted by atomic mass is 14.1. The van der Waals surface area contributed by atoms with Gasteiger partial charge in [-0.05, 0) is 94.5 Å². The van der Waals surface area contributed by atoms with Crippen molar-refractivity contribution in [3.63, 3.8) is 0 Å². The Morgan fingerprint density at radius 3 is 0.741 bits per heavy atom. The predicted octanol–water partition coefficient (Wildman–Crippen LogP) is 18.1. The molecule has 0 aromatic heterocycles. The fourth-order valence-electron chi connectivity index (χ4n) is 8.38. The van der Waals surface area contributed by atoms with Crippen LogP contribution >= 0.6 is 0 Å². The summed E-state index contributed by atoms with van der Waals surface area (Å²) in [6.45, 7) is 4.61. The van der Waals surface area contributed by atoms with E-state index in [2.05, 4.69) is 98.8 Å². The highest BCUT2D eigenvalue weighted by Gasteiger charge is 2.07. The van der Waals surface area contributed by atoms with Crippen LogP contribution in [0.3, 0.4) is 0 Å². The van der Waals surface area contributed by atoms with Crippen molar-refractivity contribution < 1.29 is 0 Å². The third-order valence-electron chi connectivity index (χ3n) is 12.0. The molecule has 296 valence electrons. The molecule has 0 spiro atoms. The molecule has 0 fully saturated rings. The Balaban J connectivity index is 1.07. The van der Waals surface area contributed by atoms with Gasteiger partial charge < -0.3 is 0 Å². The van der Waals surface area contributed by atoms with Gasteiger partial charge in [0.1, 0.15) is 0 Å². The van der Waals surface area contributed by atoms with Crippen LogP contribution in [0.25, 0.3) is 34.4 Å². The second-order valence-electron chi connectivity index (χ2n) is 16.9. The maximum Gasteiger partial charge on any atom is -0.0178 e. The van der Waals surface area contributed by atoms with Crippen molar-refractivity contribution in [1.82, 2.24) is 0 Å². The van der Waals surface area contributed by atoms with Crippen LogP contribution in [-0.2, 0) is 12.8 Å². The van der Waals surface area contributed by atoms with Crippen LogP contribution < -0.4 is 0 Å². The summed E-state index contributed by atoms with van der Waals surface area (Å²) >= 11 is 0. The standard InChI is InChI=1S/C54H80/c1-3-5-7-9-11-13-15-17-19-21-23-25-27-29-31-47-35-39-51-43-49(44-52(51)40-36-47)33-34-50-45-53-41-37-48(38-42-54(53)46-50)32-30-28-26-24-22-20-18-16-14-12-10-8-6-4-2/h33-46H,3-32H2,1-2H3/b34-33+. The summed E-state index contributed by atoms with van der Waals surface area (Å²) in [5.41, 5.74) is 10.9. The number of hydrogen-bond acceptors (Lipinski definition) is 0. The zero-order valence-corrected chi connectivity index (χ0v) is 35.3. The normalized spacial score (nSPS) is 11.8. The van der Waals surface area contributed by atoms with E-state index >= 15 is 0 Å². The highest BCUT2D eigenvalue weighted by molar-refractivity contribution is 5.82. The number of unbranched alkanes of at least 4 members (excludes halogenated alkanes) is 26. The average molecular weight is 729 g/mol. The highest BCUT2D eigenvalue weighted by Crippen LogP contribution is 2.30. The maximum atomic E-state index is 2.36. The summed E-state index contributed by atoms with van der Waals surface area (Å²) in [5, 5.41) is 0. The van der Waals surface area contributed by atoms with Crippen molar-refractivity contribution >= 4 is 12.2 Å². The summed E-state index contributed by atoms with van der Waals surface area (Å²) < 4.78 is 0. The van der Waals surface area contributed by atoms with E-state index < -0.39 is 0 Å². The molecule has 0 amide bonds. The Labute approximate surface area is 334 Å². The van der Waals surface area contributed by atoms with Gasteiger partial charge in [0.15, 0.2) is 0 Å². The maximum absolute atomic E-state index is 2.36. The van der Waals surface area contributed by atoms with Gasteiger partial charge in [-0.2, -0.15) is 0 Å². The Bertz CT molecular complexity index is 1280. The molecule has 4 rings (SSSR count). The number of fused-ring (bicyclic) bond motifs is 2. The van der Waals surface area contributed by atoms with Crippen LogP contribution in [0.2, 0.25) is 0 Å². The SMILES string of the molecule is CCCCCCCCCCCCCCCCc1ccc2cc(/C=C/c3cc4ccc(CCCCCCCCCCCCCCCC)ccc-4c3)cc-2cc1. The zero-order chi connectivity index (χ0) is 37.7. The lowest BCUT2D eigenvalue weighted by Gasteiger charge is -2.03. The molecule has 0 aromatic rings. The molecular weight excluding hydrogens is 649 g/mol. The third kappa shape index (κ3) is 18.7. The second-order valence-corrected chi connectivity index (χ2v) is 16.9. The molecule has 0 saturated heterocycles. The Morgan fingerprint density at radius 1 is 0.278 bits per heavy atom. The molecule has 0 nitrogen and oxygen atoms in total. The monoisotopic (exact) mass is 729 g/mol. The first-order valence-electron chi connectivity index (χ1n) is 23.5. The number of rotatable bonds is 32. The molecule has 0 aromatic carbocycles. The summed E-state index contributed by atoms with van der Waals surface area (Å²) in [6.07, 6.45) is 46.7. The molecule has 0 heterocycles. The lowest BCUT2D eigenvalue weighted by Crippen LogP contribution is -1.85. The Hall–Kier alpha value is -2.86. The van der Waals surface area contributed by atoms with Gasteiger partial charge in [0, 0.05) is 0 Å². The van der Waals surface area contributed by atoms with Crippen molar-refractivity contribution in [3.05, 3.63) is 95.1 Å². The van der Waals surface area contributed by atoms with E-state index in [0.29, 0.717) is 0 Å². The van der Waals surface area contributed by atoms with Gasteiger partial charge in [-0.1, -0.05) is 241 Å². The van der Waals surface area contributed by atoms with Gasteiger partial charge in [0.05, 0.1) is 0 Å². The molecule has 0 saturated carbocycles. The van der Waals surface area contributed by atoms with Gasteiger partial charge in [-0.3, -0.25) is 0 Å². The van der Waals surface area contributed by atoms with Crippen LogP contribution in [0.5, 0.6) is 0 Å². The van der Waals surface area contributed by atoms with E-state index in [1.807, 2.05) is 0 Å². The van der Waals surface area contributed by atoms with Crippen LogP contribution in [0.1, 0.15) is 216 Å². The summed E-state index contributed by atoms with van der Waals surface area (Å²) in [6, 6.07) is 28.1. The van der Waals surface area contributed by atoms with Crippen LogP contribution in [0.15, 0.2) is 72.8 Å². The molecule has 0 atom stereocenters. The van der Waals surface area contributed by atoms with Crippen LogP contribution in [-0.4, -0.2) is 0 Å². The molecule has 0 bridgehead atoms. The van der Waals surface area contributed by atoms with Gasteiger partial charge in [0.2, 0.25) is 0 Å². The van der Waals surface area contributed by atoms with Crippen molar-refractivity contribution in [1.29, 1.82) is 0 Å². The van der Waals surface area contributed by atoms with Crippen LogP contribution in [0.4, 0.5) is 0 Å². The third-order valence-corrected chi connectivity index (χ3v) is 12.0. The van der Waals surface area contributed by atoms with Crippen molar-refractivity contribution in [2.75, 3.05) is 0 Å². The van der Waals surface area contributed by atoms with Gasteiger partial charge >= 0.3 is 0 Å². The first kappa shape index (κ1) is 43.9. The van der Waals surface area contributed by atoms with E-state index in [-0.39, 0.29) is 0 Å². The van der Waals surface area contributed by atoms with E-state index in [9.17, 15) is 0 Å². The summed E-state index contributed by atoms with van der Waals surface area (Å²) in [5.74, 6) is 0. The van der Waals surface area contributed by atoms with E-state index in [1.54, 1.807) is 0 Å². The van der Waals surface area contributed by atoms with E-state index in [0.717, 1.165) is 0 Å². The number of hydrogen-bond donors (Lipinski definition) is 0. The Kier molecular flexibility index (Phi) is 23.2. The predicted molar refractivity (Wildman–Crippen MR) is 243 cm³/mol. The van der Waals surface area contributed by atoms with E-state index in [1.165, 1.54) is 237 Å². The van der Waals surface area contributed by atoms with Crippen LogP contribution in [0, 0.1) is 0 Å². The molecule has 0 unspecified atom stereocenters. The topological polar surface area (TPSA) is 0 Å². The smallest absolute Gasteiger partial charge is 0.0178 e. The minimum absolute atomic E-state index is 1.20.